The van der Waals surface area contributed by atoms with Crippen LogP contribution in [0.2, 0.25) is 0 Å². The summed E-state index contributed by atoms with van der Waals surface area (Å²) < 4.78 is 13.4. The number of hydrogen-bond acceptors (Lipinski definition) is 6. The minimum Gasteiger partial charge on any atom is -0.497 e. The first kappa shape index (κ1) is 29.4. The van der Waals surface area contributed by atoms with Crippen molar-refractivity contribution >= 4 is 16.8 Å². The van der Waals surface area contributed by atoms with Crippen molar-refractivity contribution in [3.05, 3.63) is 107 Å². The number of ether oxygens (including phenoxy) is 2. The summed E-state index contributed by atoms with van der Waals surface area (Å²) in [6.45, 7) is 2.67. The van der Waals surface area contributed by atoms with Crippen LogP contribution in [0.1, 0.15) is 47.1 Å². The van der Waals surface area contributed by atoms with Crippen LogP contribution in [-0.2, 0) is 24.2 Å². The van der Waals surface area contributed by atoms with E-state index < -0.39 is 0 Å². The molecule has 9 nitrogen and oxygen atoms in total. The van der Waals surface area contributed by atoms with Crippen LogP contribution in [0.25, 0.3) is 10.9 Å². The van der Waals surface area contributed by atoms with Gasteiger partial charge in [0.2, 0.25) is 5.91 Å². The number of rotatable bonds is 12. The Labute approximate surface area is 258 Å². The van der Waals surface area contributed by atoms with E-state index in [1.165, 1.54) is 5.56 Å². The number of aromatic amines is 1. The molecule has 1 unspecified atom stereocenters. The molecule has 0 aliphatic carbocycles. The van der Waals surface area contributed by atoms with Crippen molar-refractivity contribution in [3.63, 3.8) is 0 Å². The minimum atomic E-state index is -0.223. The fraction of sp³-hybridized carbons (Fsp3) is 0.343. The molecule has 9 heteroatoms. The molecule has 1 aliphatic heterocycles. The molecule has 1 amide bonds. The molecule has 1 atom stereocenters. The SMILES string of the molecule is COc1ccc(Cn2c(CCc3ccccc3)nnc2C(CNC(=O)C2CCNCC2)c2c[nH]c3ccccc23)c(OC)c1. The lowest BCUT2D eigenvalue weighted by Crippen LogP contribution is -2.40. The number of carbonyl (C=O) groups is 1. The van der Waals surface area contributed by atoms with E-state index in [2.05, 4.69) is 56.6 Å². The number of benzene rings is 3. The Morgan fingerprint density at radius 3 is 2.57 bits per heavy atom. The zero-order valence-electron chi connectivity index (χ0n) is 25.4. The van der Waals surface area contributed by atoms with Crippen LogP contribution < -0.4 is 20.1 Å². The number of amides is 1. The van der Waals surface area contributed by atoms with Crippen LogP contribution in [0.15, 0.2) is 79.0 Å². The molecule has 1 fully saturated rings. The lowest BCUT2D eigenvalue weighted by Gasteiger charge is -2.24. The third-order valence-corrected chi connectivity index (χ3v) is 8.66. The molecular formula is C35H40N6O3. The number of fused-ring (bicyclic) bond motifs is 1. The second kappa shape index (κ2) is 13.8. The Morgan fingerprint density at radius 2 is 1.77 bits per heavy atom. The van der Waals surface area contributed by atoms with Gasteiger partial charge in [0.15, 0.2) is 0 Å². The molecule has 0 radical (unpaired) electrons. The fourth-order valence-electron chi connectivity index (χ4n) is 6.17. The van der Waals surface area contributed by atoms with Gasteiger partial charge < -0.3 is 29.7 Å². The van der Waals surface area contributed by atoms with E-state index in [9.17, 15) is 4.79 Å². The first-order valence-corrected chi connectivity index (χ1v) is 15.4. The number of carbonyl (C=O) groups excluding carboxylic acids is 1. The van der Waals surface area contributed by atoms with Crippen molar-refractivity contribution in [1.82, 2.24) is 30.4 Å². The summed E-state index contributed by atoms with van der Waals surface area (Å²) in [5, 5.41) is 17.4. The van der Waals surface area contributed by atoms with Gasteiger partial charge in [-0.25, -0.2) is 0 Å². The molecule has 0 spiro atoms. The summed E-state index contributed by atoms with van der Waals surface area (Å²) in [5.74, 6) is 3.06. The Hall–Kier alpha value is -4.63. The lowest BCUT2D eigenvalue weighted by molar-refractivity contribution is -0.125. The van der Waals surface area contributed by atoms with Crippen LogP contribution in [0.3, 0.4) is 0 Å². The van der Waals surface area contributed by atoms with Gasteiger partial charge in [-0.1, -0.05) is 48.5 Å². The number of aryl methyl sites for hydroxylation is 2. The van der Waals surface area contributed by atoms with Gasteiger partial charge in [-0.2, -0.15) is 0 Å². The Kier molecular flexibility index (Phi) is 9.22. The third kappa shape index (κ3) is 6.48. The highest BCUT2D eigenvalue weighted by atomic mass is 16.5. The van der Waals surface area contributed by atoms with Gasteiger partial charge in [-0.3, -0.25) is 4.79 Å². The van der Waals surface area contributed by atoms with Gasteiger partial charge in [0.1, 0.15) is 23.1 Å². The van der Waals surface area contributed by atoms with Gasteiger partial charge >= 0.3 is 0 Å². The number of methoxy groups -OCH3 is 2. The van der Waals surface area contributed by atoms with Gasteiger partial charge in [0.05, 0.1) is 26.7 Å². The number of nitrogens with zero attached hydrogens (tertiary/aromatic N) is 3. The average Bonchev–Trinajstić information content (AvgIpc) is 3.69. The van der Waals surface area contributed by atoms with Gasteiger partial charge in [0, 0.05) is 47.6 Å². The normalized spacial score (nSPS) is 14.4. The van der Waals surface area contributed by atoms with Crippen LogP contribution in [0.4, 0.5) is 0 Å². The molecule has 6 rings (SSSR count). The molecule has 44 heavy (non-hydrogen) atoms. The monoisotopic (exact) mass is 592 g/mol. The van der Waals surface area contributed by atoms with Crippen molar-refractivity contribution in [2.45, 2.75) is 38.1 Å². The number of piperidine rings is 1. The van der Waals surface area contributed by atoms with Crippen molar-refractivity contribution in [1.29, 1.82) is 0 Å². The van der Waals surface area contributed by atoms with Crippen molar-refractivity contribution in [3.8, 4) is 11.5 Å². The van der Waals surface area contributed by atoms with Crippen molar-refractivity contribution in [2.75, 3.05) is 33.9 Å². The highest BCUT2D eigenvalue weighted by Gasteiger charge is 2.28. The van der Waals surface area contributed by atoms with Gasteiger partial charge in [-0.15, -0.1) is 10.2 Å². The number of para-hydroxylation sites is 1. The molecule has 3 aromatic carbocycles. The van der Waals surface area contributed by atoms with E-state index in [-0.39, 0.29) is 17.7 Å². The molecule has 3 heterocycles. The van der Waals surface area contributed by atoms with E-state index in [0.717, 1.165) is 84.0 Å². The third-order valence-electron chi connectivity index (χ3n) is 8.66. The van der Waals surface area contributed by atoms with Crippen molar-refractivity contribution in [2.24, 2.45) is 5.92 Å². The molecular weight excluding hydrogens is 552 g/mol. The van der Waals surface area contributed by atoms with E-state index in [4.69, 9.17) is 19.7 Å². The summed E-state index contributed by atoms with van der Waals surface area (Å²) in [6.07, 6.45) is 5.30. The second-order valence-electron chi connectivity index (χ2n) is 11.3. The molecule has 0 bridgehead atoms. The highest BCUT2D eigenvalue weighted by molar-refractivity contribution is 5.84. The van der Waals surface area contributed by atoms with E-state index >= 15 is 0 Å². The maximum absolute atomic E-state index is 13.3. The minimum absolute atomic E-state index is 0.0164. The molecule has 2 aromatic heterocycles. The maximum Gasteiger partial charge on any atom is 0.223 e. The van der Waals surface area contributed by atoms with E-state index in [1.54, 1.807) is 14.2 Å². The average molecular weight is 593 g/mol. The summed E-state index contributed by atoms with van der Waals surface area (Å²) in [6, 6.07) is 24.6. The Balaban J connectivity index is 1.40. The van der Waals surface area contributed by atoms with Crippen LogP contribution >= 0.6 is 0 Å². The van der Waals surface area contributed by atoms with Crippen LogP contribution in [-0.4, -0.2) is 59.5 Å². The number of H-pyrrole nitrogens is 1. The van der Waals surface area contributed by atoms with E-state index in [1.807, 2.05) is 42.6 Å². The summed E-state index contributed by atoms with van der Waals surface area (Å²) in [4.78, 5) is 16.8. The van der Waals surface area contributed by atoms with Gasteiger partial charge in [-0.05, 0) is 61.7 Å². The molecule has 1 saturated heterocycles. The van der Waals surface area contributed by atoms with Gasteiger partial charge in [0.25, 0.3) is 0 Å². The smallest absolute Gasteiger partial charge is 0.223 e. The lowest BCUT2D eigenvalue weighted by atomic mass is 9.94. The Bertz CT molecular complexity index is 1690. The molecule has 228 valence electrons. The Morgan fingerprint density at radius 1 is 0.977 bits per heavy atom. The molecule has 0 saturated carbocycles. The highest BCUT2D eigenvalue weighted by Crippen LogP contribution is 2.32. The number of nitrogens with one attached hydrogen (secondary N) is 3. The maximum atomic E-state index is 13.3. The predicted octanol–water partition coefficient (Wildman–Crippen LogP) is 4.86. The topological polar surface area (TPSA) is 106 Å². The standard InChI is InChI=1S/C35H40N6O3/c1-43-27-14-13-26(32(20-27)44-2)23-41-33(15-12-24-8-4-3-5-9-24)39-40-34(41)30(22-38-35(42)25-16-18-36-19-17-25)29-21-37-31-11-7-6-10-28(29)31/h3-11,13-14,20-21,25,30,36-37H,12,15-19,22-23H2,1-2H3,(H,38,42). The van der Waals surface area contributed by atoms with Crippen LogP contribution in [0, 0.1) is 5.92 Å². The van der Waals surface area contributed by atoms with Crippen LogP contribution in [0.5, 0.6) is 11.5 Å². The zero-order valence-corrected chi connectivity index (χ0v) is 25.4. The first-order chi connectivity index (χ1) is 21.6. The largest absolute Gasteiger partial charge is 0.497 e. The first-order valence-electron chi connectivity index (χ1n) is 15.4. The molecule has 3 N–H and O–H groups in total. The second-order valence-corrected chi connectivity index (χ2v) is 11.3. The fourth-order valence-corrected chi connectivity index (χ4v) is 6.17. The predicted molar refractivity (Wildman–Crippen MR) is 171 cm³/mol. The summed E-state index contributed by atoms with van der Waals surface area (Å²) in [5.41, 5.74) is 4.36. The number of hydrogen-bond donors (Lipinski definition) is 3. The molecule has 1 aliphatic rings. The summed E-state index contributed by atoms with van der Waals surface area (Å²) in [7, 11) is 3.32. The van der Waals surface area contributed by atoms with E-state index in [0.29, 0.717) is 13.1 Å². The quantitative estimate of drug-likeness (QED) is 0.191. The summed E-state index contributed by atoms with van der Waals surface area (Å²) >= 11 is 0. The number of aromatic nitrogens is 4. The molecule has 5 aromatic rings. The van der Waals surface area contributed by atoms with Crippen molar-refractivity contribution < 1.29 is 14.3 Å². The zero-order chi connectivity index (χ0) is 30.3.